The number of benzene rings is 2. The molecule has 6 nitrogen and oxygen atoms in total. The van der Waals surface area contributed by atoms with Crippen LogP contribution in [0, 0.1) is 11.6 Å². The molecule has 0 aliphatic heterocycles. The summed E-state index contributed by atoms with van der Waals surface area (Å²) in [5.41, 5.74) is 8.25. The lowest BCUT2D eigenvalue weighted by Crippen LogP contribution is -2.09. The number of carbonyl (C=O) groups excluding carboxylic acids is 1. The molecule has 0 fully saturated rings. The number of carbonyl (C=O) groups is 1. The van der Waals surface area contributed by atoms with Gasteiger partial charge in [-0.05, 0) is 55.0 Å². The van der Waals surface area contributed by atoms with Crippen LogP contribution in [-0.4, -0.2) is 17.6 Å². The lowest BCUT2D eigenvalue weighted by molar-refractivity contribution is -0.142. The molecule has 0 saturated carbocycles. The molecule has 0 aliphatic carbocycles. The molecule has 2 N–H and O–H groups in total. The molecule has 0 saturated heterocycles. The summed E-state index contributed by atoms with van der Waals surface area (Å²) >= 11 is 0. The standard InChI is InChI=1S/C25H22F2N2O4/c1-2-31-23(30)12-17-11-18(26)3-4-22(17)33-14-15-9-16-6-8-32-25(16)20(10-15)19-5-7-29-21(13-28)24(19)27/h3-11H,2,12-14,28H2,1H3. The van der Waals surface area contributed by atoms with Gasteiger partial charge in [0.1, 0.15) is 23.8 Å². The van der Waals surface area contributed by atoms with Gasteiger partial charge >= 0.3 is 5.97 Å². The van der Waals surface area contributed by atoms with Crippen molar-refractivity contribution in [2.24, 2.45) is 5.73 Å². The Bertz CT molecular complexity index is 1300. The van der Waals surface area contributed by atoms with Crippen LogP contribution in [0.2, 0.25) is 0 Å². The third kappa shape index (κ3) is 4.85. The van der Waals surface area contributed by atoms with Crippen molar-refractivity contribution < 1.29 is 27.5 Å². The van der Waals surface area contributed by atoms with Gasteiger partial charge in [0, 0.05) is 34.8 Å². The number of rotatable bonds is 8. The van der Waals surface area contributed by atoms with Crippen LogP contribution in [0.4, 0.5) is 8.78 Å². The van der Waals surface area contributed by atoms with Gasteiger partial charge < -0.3 is 19.6 Å². The number of hydrogen-bond acceptors (Lipinski definition) is 6. The zero-order valence-corrected chi connectivity index (χ0v) is 17.9. The number of hydrogen-bond donors (Lipinski definition) is 1. The van der Waals surface area contributed by atoms with Crippen molar-refractivity contribution in [1.82, 2.24) is 4.98 Å². The van der Waals surface area contributed by atoms with E-state index >= 15 is 0 Å². The summed E-state index contributed by atoms with van der Waals surface area (Å²) < 4.78 is 45.2. The normalized spacial score (nSPS) is 11.0. The Hall–Kier alpha value is -3.78. The molecule has 2 aromatic carbocycles. The zero-order valence-electron chi connectivity index (χ0n) is 17.9. The van der Waals surface area contributed by atoms with Gasteiger partial charge in [-0.1, -0.05) is 0 Å². The van der Waals surface area contributed by atoms with E-state index in [2.05, 4.69) is 4.98 Å². The Morgan fingerprint density at radius 2 is 1.97 bits per heavy atom. The van der Waals surface area contributed by atoms with Gasteiger partial charge in [0.25, 0.3) is 0 Å². The van der Waals surface area contributed by atoms with Crippen molar-refractivity contribution in [3.05, 3.63) is 83.4 Å². The molecule has 33 heavy (non-hydrogen) atoms. The van der Waals surface area contributed by atoms with Crippen molar-refractivity contribution in [2.45, 2.75) is 26.5 Å². The smallest absolute Gasteiger partial charge is 0.310 e. The maximum Gasteiger partial charge on any atom is 0.310 e. The number of fused-ring (bicyclic) bond motifs is 1. The minimum Gasteiger partial charge on any atom is -0.489 e. The van der Waals surface area contributed by atoms with E-state index in [0.717, 1.165) is 10.9 Å². The number of halogens is 2. The summed E-state index contributed by atoms with van der Waals surface area (Å²) in [5.74, 6) is -1.10. The quantitative estimate of drug-likeness (QED) is 0.382. The molecule has 0 radical (unpaired) electrons. The van der Waals surface area contributed by atoms with E-state index < -0.39 is 17.6 Å². The monoisotopic (exact) mass is 452 g/mol. The van der Waals surface area contributed by atoms with Gasteiger partial charge in [-0.3, -0.25) is 9.78 Å². The minimum absolute atomic E-state index is 0.0302. The van der Waals surface area contributed by atoms with Gasteiger partial charge in [-0.15, -0.1) is 0 Å². The largest absolute Gasteiger partial charge is 0.489 e. The van der Waals surface area contributed by atoms with Crippen LogP contribution in [0.5, 0.6) is 5.75 Å². The predicted octanol–water partition coefficient (Wildman–Crippen LogP) is 4.92. The number of esters is 1. The molecule has 0 amide bonds. The summed E-state index contributed by atoms with van der Waals surface area (Å²) in [7, 11) is 0. The molecule has 0 bridgehead atoms. The summed E-state index contributed by atoms with van der Waals surface area (Å²) in [6.45, 7) is 2.01. The van der Waals surface area contributed by atoms with Gasteiger partial charge in [-0.2, -0.15) is 0 Å². The van der Waals surface area contributed by atoms with Crippen LogP contribution in [0.1, 0.15) is 23.7 Å². The molecule has 4 aromatic rings. The molecule has 170 valence electrons. The summed E-state index contributed by atoms with van der Waals surface area (Å²) in [4.78, 5) is 15.9. The molecule has 0 spiro atoms. The topological polar surface area (TPSA) is 87.6 Å². The molecule has 8 heteroatoms. The first kappa shape index (κ1) is 22.4. The summed E-state index contributed by atoms with van der Waals surface area (Å²) in [5, 5.41) is 0.766. The van der Waals surface area contributed by atoms with Crippen molar-refractivity contribution in [1.29, 1.82) is 0 Å². The number of nitrogens with two attached hydrogens (primary N) is 1. The SMILES string of the molecule is CCOC(=O)Cc1cc(F)ccc1OCc1cc(-c2ccnc(CN)c2F)c2occc2c1. The Kier molecular flexibility index (Phi) is 6.65. The fourth-order valence-electron chi connectivity index (χ4n) is 3.62. The van der Waals surface area contributed by atoms with Crippen LogP contribution in [0.3, 0.4) is 0 Å². The molecular weight excluding hydrogens is 430 g/mol. The Labute approximate surface area is 188 Å². The van der Waals surface area contributed by atoms with E-state index in [9.17, 15) is 13.6 Å². The first-order valence-electron chi connectivity index (χ1n) is 10.4. The van der Waals surface area contributed by atoms with Gasteiger partial charge in [0.2, 0.25) is 0 Å². The first-order valence-corrected chi connectivity index (χ1v) is 10.4. The highest BCUT2D eigenvalue weighted by molar-refractivity contribution is 5.93. The number of aromatic nitrogens is 1. The predicted molar refractivity (Wildman–Crippen MR) is 118 cm³/mol. The molecule has 0 atom stereocenters. The number of nitrogens with zero attached hydrogens (tertiary/aromatic N) is 1. The second-order valence-electron chi connectivity index (χ2n) is 7.33. The second kappa shape index (κ2) is 9.79. The number of pyridine rings is 1. The highest BCUT2D eigenvalue weighted by Gasteiger charge is 2.17. The van der Waals surface area contributed by atoms with E-state index in [1.807, 2.05) is 6.07 Å². The highest BCUT2D eigenvalue weighted by Crippen LogP contribution is 2.34. The van der Waals surface area contributed by atoms with E-state index in [0.29, 0.717) is 28.0 Å². The fourth-order valence-corrected chi connectivity index (χ4v) is 3.62. The number of ether oxygens (including phenoxy) is 2. The van der Waals surface area contributed by atoms with E-state index in [1.54, 1.807) is 25.1 Å². The van der Waals surface area contributed by atoms with Crippen molar-refractivity contribution in [2.75, 3.05) is 6.61 Å². The van der Waals surface area contributed by atoms with Crippen LogP contribution in [0.25, 0.3) is 22.1 Å². The van der Waals surface area contributed by atoms with Crippen LogP contribution < -0.4 is 10.5 Å². The van der Waals surface area contributed by atoms with Crippen molar-refractivity contribution in [3.8, 4) is 16.9 Å². The maximum atomic E-state index is 15.0. The third-order valence-corrected chi connectivity index (χ3v) is 5.11. The third-order valence-electron chi connectivity index (χ3n) is 5.11. The van der Waals surface area contributed by atoms with Gasteiger partial charge in [0.15, 0.2) is 5.82 Å². The lowest BCUT2D eigenvalue weighted by atomic mass is 10.00. The Morgan fingerprint density at radius 1 is 1.12 bits per heavy atom. The lowest BCUT2D eigenvalue weighted by Gasteiger charge is -2.13. The zero-order chi connectivity index (χ0) is 23.4. The van der Waals surface area contributed by atoms with Crippen LogP contribution in [-0.2, 0) is 29.1 Å². The summed E-state index contributed by atoms with van der Waals surface area (Å²) in [6, 6.07) is 10.9. The first-order chi connectivity index (χ1) is 16.0. The van der Waals surface area contributed by atoms with E-state index in [4.69, 9.17) is 19.6 Å². The second-order valence-corrected chi connectivity index (χ2v) is 7.33. The average molecular weight is 452 g/mol. The molecule has 0 unspecified atom stereocenters. The maximum absolute atomic E-state index is 15.0. The Balaban J connectivity index is 1.66. The molecule has 0 aliphatic rings. The van der Waals surface area contributed by atoms with E-state index in [-0.39, 0.29) is 31.9 Å². The Morgan fingerprint density at radius 3 is 2.76 bits per heavy atom. The van der Waals surface area contributed by atoms with Crippen LogP contribution in [0.15, 0.2) is 59.3 Å². The van der Waals surface area contributed by atoms with Gasteiger partial charge in [-0.25, -0.2) is 8.78 Å². The molecular formula is C25H22F2N2O4. The average Bonchev–Trinajstić information content (AvgIpc) is 3.27. The van der Waals surface area contributed by atoms with E-state index in [1.165, 1.54) is 30.7 Å². The molecule has 2 heterocycles. The summed E-state index contributed by atoms with van der Waals surface area (Å²) in [6.07, 6.45) is 2.91. The van der Waals surface area contributed by atoms with Crippen molar-refractivity contribution in [3.63, 3.8) is 0 Å². The van der Waals surface area contributed by atoms with Crippen LogP contribution >= 0.6 is 0 Å². The van der Waals surface area contributed by atoms with Crippen molar-refractivity contribution >= 4 is 16.9 Å². The fraction of sp³-hybridized carbons (Fsp3) is 0.200. The minimum atomic E-state index is -0.508. The molecule has 4 rings (SSSR count). The molecule has 2 aromatic heterocycles. The number of furan rings is 1. The van der Waals surface area contributed by atoms with Gasteiger partial charge in [0.05, 0.1) is 25.0 Å². The highest BCUT2D eigenvalue weighted by atomic mass is 19.1.